The maximum Gasteiger partial charge on any atom is 0.0647 e. The van der Waals surface area contributed by atoms with Crippen molar-refractivity contribution in [2.45, 2.75) is 5.41 Å². The average molecular weight is 497 g/mol. The minimum Gasteiger partial charge on any atom is -0.0622 e. The standard InChI is InChI=1S/C33H21Br/c34-32-28-17-8-7-15-24(28)27-20-19-25-26-16-9-10-18-30(26)33(21-29(25)31(27)32,22-11-3-1-4-12-22)23-13-5-2-6-14-23/h1-21H. The van der Waals surface area contributed by atoms with Crippen LogP contribution in [0.15, 0.2) is 121 Å². The van der Waals surface area contributed by atoms with E-state index in [1.807, 2.05) is 0 Å². The summed E-state index contributed by atoms with van der Waals surface area (Å²) in [5.41, 5.74) is 9.95. The van der Waals surface area contributed by atoms with E-state index in [4.69, 9.17) is 0 Å². The molecule has 5 aromatic carbocycles. The van der Waals surface area contributed by atoms with Crippen LogP contribution in [0.1, 0.15) is 22.3 Å². The molecule has 0 amide bonds. The summed E-state index contributed by atoms with van der Waals surface area (Å²) in [6.07, 6.45) is 2.52. The number of benzene rings is 5. The van der Waals surface area contributed by atoms with Crippen LogP contribution in [-0.4, -0.2) is 0 Å². The van der Waals surface area contributed by atoms with Crippen molar-refractivity contribution < 1.29 is 0 Å². The Morgan fingerprint density at radius 3 is 1.65 bits per heavy atom. The molecule has 0 saturated carbocycles. The summed E-state index contributed by atoms with van der Waals surface area (Å²) in [5.74, 6) is 0. The van der Waals surface area contributed by atoms with Crippen molar-refractivity contribution in [3.63, 3.8) is 0 Å². The number of hydrogen-bond donors (Lipinski definition) is 0. The number of halogens is 1. The Morgan fingerprint density at radius 1 is 0.441 bits per heavy atom. The molecule has 0 heterocycles. The van der Waals surface area contributed by atoms with Gasteiger partial charge < -0.3 is 0 Å². The zero-order chi connectivity index (χ0) is 22.7. The zero-order valence-corrected chi connectivity index (χ0v) is 20.1. The number of fused-ring (bicyclic) bond motifs is 7. The second-order valence-electron chi connectivity index (χ2n) is 9.04. The van der Waals surface area contributed by atoms with Gasteiger partial charge in [0.05, 0.1) is 5.41 Å². The van der Waals surface area contributed by atoms with Gasteiger partial charge in [0.2, 0.25) is 0 Å². The van der Waals surface area contributed by atoms with Gasteiger partial charge in [-0.1, -0.05) is 127 Å². The van der Waals surface area contributed by atoms with E-state index in [9.17, 15) is 0 Å². The first-order chi connectivity index (χ1) is 16.8. The highest BCUT2D eigenvalue weighted by Crippen LogP contribution is 2.47. The maximum absolute atomic E-state index is 4.00. The van der Waals surface area contributed by atoms with Crippen molar-refractivity contribution in [3.8, 4) is 22.3 Å². The lowest BCUT2D eigenvalue weighted by molar-refractivity contribution is 0.818. The molecule has 0 nitrogen and oxygen atoms in total. The third-order valence-electron chi connectivity index (χ3n) is 7.38. The van der Waals surface area contributed by atoms with E-state index in [2.05, 4.69) is 143 Å². The van der Waals surface area contributed by atoms with Crippen molar-refractivity contribution >= 4 is 26.5 Å². The van der Waals surface area contributed by atoms with Gasteiger partial charge in [0.1, 0.15) is 0 Å². The van der Waals surface area contributed by atoms with Crippen molar-refractivity contribution in [2.24, 2.45) is 0 Å². The molecule has 5 aromatic rings. The van der Waals surface area contributed by atoms with E-state index in [1.54, 1.807) is 0 Å². The molecule has 34 heavy (non-hydrogen) atoms. The fourth-order valence-corrected chi connectivity index (χ4v) is 6.68. The van der Waals surface area contributed by atoms with Crippen molar-refractivity contribution in [1.82, 2.24) is 0 Å². The molecule has 0 aromatic heterocycles. The monoisotopic (exact) mass is 496 g/mol. The summed E-state index contributed by atoms with van der Waals surface area (Å²) in [5, 5.41) is 2.59. The Balaban J connectivity index is 1.71. The second kappa shape index (κ2) is 7.41. The lowest BCUT2D eigenvalue weighted by atomic mass is 9.64. The molecular formula is C33H21Br. The van der Waals surface area contributed by atoms with E-state index in [-0.39, 0.29) is 5.41 Å². The van der Waals surface area contributed by atoms with E-state index in [0.717, 1.165) is 0 Å². The molecule has 0 aliphatic heterocycles. The first-order valence-corrected chi connectivity index (χ1v) is 12.4. The zero-order valence-electron chi connectivity index (χ0n) is 18.5. The molecule has 0 fully saturated rings. The summed E-state index contributed by atoms with van der Waals surface area (Å²) in [7, 11) is 0. The molecule has 1 heteroatoms. The van der Waals surface area contributed by atoms with Gasteiger partial charge >= 0.3 is 0 Å². The highest BCUT2D eigenvalue weighted by Gasteiger charge is 2.39. The Labute approximate surface area is 207 Å². The van der Waals surface area contributed by atoms with Gasteiger partial charge in [0, 0.05) is 9.70 Å². The predicted molar refractivity (Wildman–Crippen MR) is 145 cm³/mol. The maximum atomic E-state index is 4.00. The largest absolute Gasteiger partial charge is 0.0647 e. The number of rotatable bonds is 2. The summed E-state index contributed by atoms with van der Waals surface area (Å²) >= 11 is 4.00. The Morgan fingerprint density at radius 2 is 0.971 bits per heavy atom. The van der Waals surface area contributed by atoms with Crippen LogP contribution in [-0.2, 0) is 5.41 Å². The SMILES string of the molecule is BrC1=c2c(ccc3c2=CC(c2ccccc2)(c2ccccc2)c2ccccc2-3)-c2ccccc21. The molecule has 0 saturated heterocycles. The van der Waals surface area contributed by atoms with Crippen LogP contribution >= 0.6 is 15.9 Å². The third kappa shape index (κ3) is 2.59. The minimum atomic E-state index is -0.386. The highest BCUT2D eigenvalue weighted by atomic mass is 79.9. The van der Waals surface area contributed by atoms with Crippen LogP contribution in [0.3, 0.4) is 0 Å². The highest BCUT2D eigenvalue weighted by molar-refractivity contribution is 9.15. The Kier molecular flexibility index (Phi) is 4.31. The van der Waals surface area contributed by atoms with Crippen LogP contribution in [0, 0.1) is 0 Å². The van der Waals surface area contributed by atoms with Crippen LogP contribution < -0.4 is 10.4 Å². The first-order valence-electron chi connectivity index (χ1n) is 11.7. The molecule has 2 aliphatic rings. The fraction of sp³-hybridized carbons (Fsp3) is 0.0303. The first kappa shape index (κ1) is 19.8. The topological polar surface area (TPSA) is 0 Å². The predicted octanol–water partition coefficient (Wildman–Crippen LogP) is 7.01. The van der Waals surface area contributed by atoms with Crippen molar-refractivity contribution in [2.75, 3.05) is 0 Å². The van der Waals surface area contributed by atoms with Gasteiger partial charge in [-0.15, -0.1) is 0 Å². The lowest BCUT2D eigenvalue weighted by Crippen LogP contribution is -2.39. The molecular weight excluding hydrogens is 476 g/mol. The molecule has 0 bridgehead atoms. The van der Waals surface area contributed by atoms with Gasteiger partial charge in [-0.05, 0) is 65.7 Å². The van der Waals surface area contributed by atoms with E-state index < -0.39 is 0 Å². The van der Waals surface area contributed by atoms with Crippen LogP contribution in [0.4, 0.5) is 0 Å². The normalized spacial score (nSPS) is 14.4. The minimum absolute atomic E-state index is 0.386. The summed E-state index contributed by atoms with van der Waals surface area (Å²) < 4.78 is 1.18. The van der Waals surface area contributed by atoms with Crippen LogP contribution in [0.25, 0.3) is 32.8 Å². The van der Waals surface area contributed by atoms with Gasteiger partial charge in [-0.2, -0.15) is 0 Å². The van der Waals surface area contributed by atoms with Gasteiger partial charge in [0.15, 0.2) is 0 Å². The second-order valence-corrected chi connectivity index (χ2v) is 9.83. The van der Waals surface area contributed by atoms with Gasteiger partial charge in [-0.3, -0.25) is 0 Å². The van der Waals surface area contributed by atoms with Gasteiger partial charge in [0.25, 0.3) is 0 Å². The van der Waals surface area contributed by atoms with Gasteiger partial charge in [-0.25, -0.2) is 0 Å². The summed E-state index contributed by atoms with van der Waals surface area (Å²) in [4.78, 5) is 0. The summed E-state index contributed by atoms with van der Waals surface area (Å²) in [6.45, 7) is 0. The Bertz CT molecular complexity index is 1660. The van der Waals surface area contributed by atoms with Crippen LogP contribution in [0.5, 0.6) is 0 Å². The van der Waals surface area contributed by atoms with E-state index in [0.29, 0.717) is 0 Å². The smallest absolute Gasteiger partial charge is 0.0622 e. The van der Waals surface area contributed by atoms with E-state index in [1.165, 1.54) is 59.4 Å². The number of hydrogen-bond acceptors (Lipinski definition) is 0. The quantitative estimate of drug-likeness (QED) is 0.246. The molecule has 0 atom stereocenters. The van der Waals surface area contributed by atoms with Crippen molar-refractivity contribution in [1.29, 1.82) is 0 Å². The molecule has 160 valence electrons. The third-order valence-corrected chi connectivity index (χ3v) is 8.20. The summed E-state index contributed by atoms with van der Waals surface area (Å²) in [6, 6.07) is 44.1. The molecule has 7 rings (SSSR count). The fourth-order valence-electron chi connectivity index (χ4n) is 5.91. The molecule has 2 aliphatic carbocycles. The molecule has 0 radical (unpaired) electrons. The van der Waals surface area contributed by atoms with E-state index >= 15 is 0 Å². The molecule has 0 spiro atoms. The molecule has 0 unspecified atom stereocenters. The lowest BCUT2D eigenvalue weighted by Gasteiger charge is -2.37. The van der Waals surface area contributed by atoms with Crippen molar-refractivity contribution in [3.05, 3.63) is 154 Å². The van der Waals surface area contributed by atoms with Crippen LogP contribution in [0.2, 0.25) is 0 Å². The average Bonchev–Trinajstić information content (AvgIpc) is 3.21. The Hall–Kier alpha value is -3.68. The molecule has 0 N–H and O–H groups in total.